The van der Waals surface area contributed by atoms with Crippen molar-refractivity contribution in [1.29, 1.82) is 0 Å². The zero-order chi connectivity index (χ0) is 13.7. The van der Waals surface area contributed by atoms with E-state index in [1.807, 2.05) is 11.7 Å². The Morgan fingerprint density at radius 3 is 2.58 bits per heavy atom. The lowest BCUT2D eigenvalue weighted by Crippen LogP contribution is -2.26. The summed E-state index contributed by atoms with van der Waals surface area (Å²) in [6.45, 7) is 3.13. The molecule has 1 aliphatic carbocycles. The first kappa shape index (κ1) is 14.9. The molecule has 3 nitrogen and oxygen atoms in total. The van der Waals surface area contributed by atoms with Gasteiger partial charge in [-0.2, -0.15) is 5.10 Å². The van der Waals surface area contributed by atoms with Gasteiger partial charge in [0, 0.05) is 7.05 Å². The Balaban J connectivity index is 2.07. The summed E-state index contributed by atoms with van der Waals surface area (Å²) in [5, 5.41) is 8.66. The van der Waals surface area contributed by atoms with Crippen LogP contribution in [0.25, 0.3) is 0 Å². The third-order valence-electron chi connectivity index (χ3n) is 4.26. The van der Waals surface area contributed by atoms with Crippen LogP contribution in [-0.2, 0) is 7.05 Å². The summed E-state index contributed by atoms with van der Waals surface area (Å²) in [5.74, 6) is 0.831. The van der Waals surface area contributed by atoms with E-state index in [9.17, 15) is 0 Å². The highest BCUT2D eigenvalue weighted by molar-refractivity contribution is 6.31. The van der Waals surface area contributed by atoms with E-state index in [4.69, 9.17) is 11.6 Å². The smallest absolute Gasteiger partial charge is 0.0834 e. The molecule has 0 aromatic carbocycles. The fourth-order valence-electron chi connectivity index (χ4n) is 3.28. The van der Waals surface area contributed by atoms with Crippen molar-refractivity contribution in [3.05, 3.63) is 16.9 Å². The van der Waals surface area contributed by atoms with Crippen molar-refractivity contribution < 1.29 is 0 Å². The number of hydrogen-bond donors (Lipinski definition) is 1. The molecule has 0 spiro atoms. The highest BCUT2D eigenvalue weighted by Crippen LogP contribution is 2.33. The molecule has 0 aliphatic heterocycles. The first-order chi connectivity index (χ1) is 9.22. The molecule has 1 aromatic heterocycles. The van der Waals surface area contributed by atoms with Crippen molar-refractivity contribution in [2.45, 2.75) is 57.9 Å². The summed E-state index contributed by atoms with van der Waals surface area (Å²) >= 11 is 6.30. The summed E-state index contributed by atoms with van der Waals surface area (Å²) in [5.41, 5.74) is 1.15. The van der Waals surface area contributed by atoms with Gasteiger partial charge >= 0.3 is 0 Å². The van der Waals surface area contributed by atoms with Crippen LogP contribution in [0.15, 0.2) is 6.20 Å². The van der Waals surface area contributed by atoms with Crippen LogP contribution < -0.4 is 5.32 Å². The Morgan fingerprint density at radius 1 is 1.37 bits per heavy atom. The van der Waals surface area contributed by atoms with E-state index in [1.165, 1.54) is 44.9 Å². The number of rotatable bonds is 5. The van der Waals surface area contributed by atoms with Gasteiger partial charge in [-0.05, 0) is 18.9 Å². The number of hydrogen-bond acceptors (Lipinski definition) is 2. The lowest BCUT2D eigenvalue weighted by molar-refractivity contribution is 0.349. The van der Waals surface area contributed by atoms with Crippen molar-refractivity contribution in [2.24, 2.45) is 13.0 Å². The molecule has 19 heavy (non-hydrogen) atoms. The SMILES string of the molecule is CCNC(CC1CCCCCC1)c1c(Cl)cnn1C. The zero-order valence-corrected chi connectivity index (χ0v) is 12.9. The van der Waals surface area contributed by atoms with Crippen LogP contribution in [0.5, 0.6) is 0 Å². The Kier molecular flexibility index (Phi) is 5.71. The van der Waals surface area contributed by atoms with Crippen molar-refractivity contribution >= 4 is 11.6 Å². The predicted molar refractivity (Wildman–Crippen MR) is 80.4 cm³/mol. The van der Waals surface area contributed by atoms with Crippen LogP contribution >= 0.6 is 11.6 Å². The van der Waals surface area contributed by atoms with Gasteiger partial charge in [0.15, 0.2) is 0 Å². The quantitative estimate of drug-likeness (QED) is 0.825. The molecule has 0 saturated heterocycles. The average Bonchev–Trinajstić information content (AvgIpc) is 2.60. The van der Waals surface area contributed by atoms with Gasteiger partial charge in [0.2, 0.25) is 0 Å². The average molecular weight is 284 g/mol. The molecule has 1 fully saturated rings. The molecule has 0 bridgehead atoms. The standard InChI is InChI=1S/C15H26ClN3/c1-3-17-14(15-13(16)11-18-19(15)2)10-12-8-6-4-5-7-9-12/h11-12,14,17H,3-10H2,1-2H3. The lowest BCUT2D eigenvalue weighted by atomic mass is 9.91. The summed E-state index contributed by atoms with van der Waals surface area (Å²) in [4.78, 5) is 0. The van der Waals surface area contributed by atoms with Gasteiger partial charge in [-0.15, -0.1) is 0 Å². The molecule has 1 unspecified atom stereocenters. The van der Waals surface area contributed by atoms with Crippen LogP contribution in [0.1, 0.15) is 63.6 Å². The first-order valence-corrected chi connectivity index (χ1v) is 8.01. The van der Waals surface area contributed by atoms with E-state index in [2.05, 4.69) is 17.3 Å². The Morgan fingerprint density at radius 2 is 2.05 bits per heavy atom. The van der Waals surface area contributed by atoms with Crippen LogP contribution in [0.3, 0.4) is 0 Å². The largest absolute Gasteiger partial charge is 0.309 e. The molecular weight excluding hydrogens is 258 g/mol. The van der Waals surface area contributed by atoms with E-state index in [0.717, 1.165) is 23.2 Å². The third kappa shape index (κ3) is 3.96. The predicted octanol–water partition coefficient (Wildman–Crippen LogP) is 4.08. The lowest BCUT2D eigenvalue weighted by Gasteiger charge is -2.24. The topological polar surface area (TPSA) is 29.9 Å². The maximum Gasteiger partial charge on any atom is 0.0834 e. The molecule has 0 radical (unpaired) electrons. The van der Waals surface area contributed by atoms with E-state index in [-0.39, 0.29) is 0 Å². The number of nitrogens with zero attached hydrogens (tertiary/aromatic N) is 2. The molecule has 108 valence electrons. The Bertz CT molecular complexity index is 361. The Labute approximate surface area is 121 Å². The van der Waals surface area contributed by atoms with E-state index in [1.54, 1.807) is 6.20 Å². The van der Waals surface area contributed by atoms with Crippen LogP contribution in [0.4, 0.5) is 0 Å². The minimum absolute atomic E-state index is 0.341. The molecular formula is C15H26ClN3. The minimum Gasteiger partial charge on any atom is -0.309 e. The maximum absolute atomic E-state index is 6.30. The molecule has 1 aliphatic rings. The van der Waals surface area contributed by atoms with Gasteiger partial charge in [0.1, 0.15) is 0 Å². The second kappa shape index (κ2) is 7.30. The van der Waals surface area contributed by atoms with Crippen LogP contribution in [-0.4, -0.2) is 16.3 Å². The third-order valence-corrected chi connectivity index (χ3v) is 4.55. The van der Waals surface area contributed by atoms with Crippen molar-refractivity contribution in [2.75, 3.05) is 6.54 Å². The van der Waals surface area contributed by atoms with Gasteiger partial charge in [-0.1, -0.05) is 57.0 Å². The molecule has 1 N–H and O–H groups in total. The fraction of sp³-hybridized carbons (Fsp3) is 0.800. The first-order valence-electron chi connectivity index (χ1n) is 7.63. The normalized spacial score (nSPS) is 19.3. The maximum atomic E-state index is 6.30. The van der Waals surface area contributed by atoms with Gasteiger partial charge in [0.25, 0.3) is 0 Å². The van der Waals surface area contributed by atoms with E-state index >= 15 is 0 Å². The van der Waals surface area contributed by atoms with E-state index < -0.39 is 0 Å². The van der Waals surface area contributed by atoms with Crippen LogP contribution in [0.2, 0.25) is 5.02 Å². The van der Waals surface area contributed by atoms with Gasteiger partial charge in [-0.25, -0.2) is 0 Å². The molecule has 1 atom stereocenters. The second-order valence-electron chi connectivity index (χ2n) is 5.70. The van der Waals surface area contributed by atoms with Gasteiger partial charge in [-0.3, -0.25) is 4.68 Å². The monoisotopic (exact) mass is 283 g/mol. The molecule has 1 aromatic rings. The highest BCUT2D eigenvalue weighted by atomic mass is 35.5. The highest BCUT2D eigenvalue weighted by Gasteiger charge is 2.23. The number of aryl methyl sites for hydroxylation is 1. The number of halogens is 1. The van der Waals surface area contributed by atoms with Gasteiger partial charge < -0.3 is 5.32 Å². The summed E-state index contributed by atoms with van der Waals surface area (Å²) < 4.78 is 1.92. The molecule has 1 saturated carbocycles. The van der Waals surface area contributed by atoms with Crippen molar-refractivity contribution in [3.8, 4) is 0 Å². The van der Waals surface area contributed by atoms with Crippen molar-refractivity contribution in [1.82, 2.24) is 15.1 Å². The van der Waals surface area contributed by atoms with Crippen LogP contribution in [0, 0.1) is 5.92 Å². The number of aromatic nitrogens is 2. The molecule has 4 heteroatoms. The fourth-order valence-corrected chi connectivity index (χ4v) is 3.58. The minimum atomic E-state index is 0.341. The Hall–Kier alpha value is -0.540. The van der Waals surface area contributed by atoms with Gasteiger partial charge in [0.05, 0.1) is 23.0 Å². The zero-order valence-electron chi connectivity index (χ0n) is 12.2. The molecule has 0 amide bonds. The summed E-state index contributed by atoms with van der Waals surface area (Å²) in [6.07, 6.45) is 11.3. The number of nitrogens with one attached hydrogen (secondary N) is 1. The van der Waals surface area contributed by atoms with E-state index in [0.29, 0.717) is 6.04 Å². The molecule has 2 rings (SSSR count). The summed E-state index contributed by atoms with van der Waals surface area (Å²) in [6, 6.07) is 0.341. The second-order valence-corrected chi connectivity index (χ2v) is 6.11. The molecule has 1 heterocycles. The summed E-state index contributed by atoms with van der Waals surface area (Å²) in [7, 11) is 1.98. The van der Waals surface area contributed by atoms with Crippen molar-refractivity contribution in [3.63, 3.8) is 0 Å².